The summed E-state index contributed by atoms with van der Waals surface area (Å²) in [4.78, 5) is 0.357. The minimum Gasteiger partial charge on any atom is -0.382 e. The molecule has 114 valence electrons. The summed E-state index contributed by atoms with van der Waals surface area (Å²) in [5, 5.41) is 3.31. The number of sulfone groups is 1. The smallest absolute Gasteiger partial charge is 0.177 e. The first-order valence-electron chi connectivity index (χ1n) is 7.04. The maximum atomic E-state index is 11.8. The van der Waals surface area contributed by atoms with Gasteiger partial charge in [0, 0.05) is 31.2 Å². The molecule has 2 rings (SSSR count). The lowest BCUT2D eigenvalue weighted by molar-refractivity contribution is 0.601. The van der Waals surface area contributed by atoms with Crippen molar-refractivity contribution in [3.8, 4) is 0 Å². The van der Waals surface area contributed by atoms with Crippen LogP contribution in [0.1, 0.15) is 19.0 Å². The topological polar surface area (TPSA) is 51.1 Å². The number of benzene rings is 1. The molecule has 0 aliphatic rings. The number of hydrogen-bond acceptors (Lipinski definition) is 3. The Morgan fingerprint density at radius 3 is 2.52 bits per heavy atom. The fourth-order valence-corrected chi connectivity index (χ4v) is 3.22. The molecular weight excluding hydrogens is 284 g/mol. The van der Waals surface area contributed by atoms with Crippen molar-refractivity contribution < 1.29 is 8.42 Å². The average Bonchev–Trinajstić information content (AvgIpc) is 2.81. The highest BCUT2D eigenvalue weighted by Crippen LogP contribution is 2.22. The molecule has 0 bridgehead atoms. The summed E-state index contributed by atoms with van der Waals surface area (Å²) in [6, 6.07) is 11.4. The number of nitrogens with zero attached hydrogens (tertiary/aromatic N) is 1. The van der Waals surface area contributed by atoms with Gasteiger partial charge in [-0.05, 0) is 44.0 Å². The molecule has 1 heterocycles. The van der Waals surface area contributed by atoms with Crippen molar-refractivity contribution in [2.75, 3.05) is 11.6 Å². The minimum absolute atomic E-state index is 0.197. The van der Waals surface area contributed by atoms with Crippen LogP contribution in [-0.2, 0) is 23.3 Å². The van der Waals surface area contributed by atoms with Crippen LogP contribution in [0.4, 0.5) is 5.69 Å². The molecule has 0 aliphatic heterocycles. The number of rotatable bonds is 6. The normalized spacial score (nSPS) is 13.1. The van der Waals surface area contributed by atoms with Crippen LogP contribution in [0.25, 0.3) is 0 Å². The second-order valence-corrected chi connectivity index (χ2v) is 7.45. The molecule has 1 aromatic carbocycles. The van der Waals surface area contributed by atoms with Crippen molar-refractivity contribution in [2.45, 2.75) is 30.7 Å². The van der Waals surface area contributed by atoms with Crippen molar-refractivity contribution in [2.24, 2.45) is 7.05 Å². The highest BCUT2D eigenvalue weighted by molar-refractivity contribution is 7.90. The zero-order chi connectivity index (χ0) is 15.5. The van der Waals surface area contributed by atoms with Crippen LogP contribution in [-0.4, -0.2) is 25.3 Å². The average molecular weight is 306 g/mol. The summed E-state index contributed by atoms with van der Waals surface area (Å²) in [5.41, 5.74) is 1.96. The first-order chi connectivity index (χ1) is 9.88. The molecule has 1 aromatic heterocycles. The van der Waals surface area contributed by atoms with Gasteiger partial charge in [0.25, 0.3) is 0 Å². The maximum absolute atomic E-state index is 11.8. The number of aryl methyl sites for hydroxylation is 2. The molecule has 0 fully saturated rings. The van der Waals surface area contributed by atoms with E-state index in [-0.39, 0.29) is 6.04 Å². The van der Waals surface area contributed by atoms with Crippen LogP contribution in [0, 0.1) is 0 Å². The molecule has 0 saturated heterocycles. The summed E-state index contributed by atoms with van der Waals surface area (Å²) < 4.78 is 25.7. The van der Waals surface area contributed by atoms with E-state index in [4.69, 9.17) is 0 Å². The predicted octanol–water partition coefficient (Wildman–Crippen LogP) is 2.86. The lowest BCUT2D eigenvalue weighted by atomic mass is 10.1. The zero-order valence-corrected chi connectivity index (χ0v) is 13.5. The van der Waals surface area contributed by atoms with Gasteiger partial charge in [-0.1, -0.05) is 12.1 Å². The molecule has 1 N–H and O–H groups in total. The molecule has 0 spiro atoms. The van der Waals surface area contributed by atoms with Gasteiger partial charge in [-0.2, -0.15) is 0 Å². The molecule has 5 heteroatoms. The Hall–Kier alpha value is -1.75. The van der Waals surface area contributed by atoms with Gasteiger partial charge in [0.2, 0.25) is 0 Å². The van der Waals surface area contributed by atoms with Gasteiger partial charge in [-0.15, -0.1) is 0 Å². The Bertz CT molecular complexity index is 705. The summed E-state index contributed by atoms with van der Waals surface area (Å²) in [7, 11) is -1.18. The first-order valence-corrected chi connectivity index (χ1v) is 8.93. The molecule has 0 amide bonds. The van der Waals surface area contributed by atoms with Crippen LogP contribution in [0.5, 0.6) is 0 Å². The highest BCUT2D eigenvalue weighted by atomic mass is 32.2. The third-order valence-corrected chi connectivity index (χ3v) is 4.73. The van der Waals surface area contributed by atoms with E-state index in [1.54, 1.807) is 12.1 Å². The first kappa shape index (κ1) is 15.6. The molecule has 1 unspecified atom stereocenters. The van der Waals surface area contributed by atoms with E-state index in [9.17, 15) is 8.42 Å². The number of para-hydroxylation sites is 1. The van der Waals surface area contributed by atoms with Crippen LogP contribution in [0.15, 0.2) is 47.5 Å². The maximum Gasteiger partial charge on any atom is 0.177 e. The van der Waals surface area contributed by atoms with E-state index in [0.717, 1.165) is 12.8 Å². The molecule has 4 nitrogen and oxygen atoms in total. The molecule has 1 atom stereocenters. The van der Waals surface area contributed by atoms with Crippen LogP contribution < -0.4 is 5.32 Å². The molecule has 0 saturated carbocycles. The summed E-state index contributed by atoms with van der Waals surface area (Å²) in [6.07, 6.45) is 5.17. The quantitative estimate of drug-likeness (QED) is 0.893. The monoisotopic (exact) mass is 306 g/mol. The predicted molar refractivity (Wildman–Crippen MR) is 86.4 cm³/mol. The third-order valence-electron chi connectivity index (χ3n) is 3.57. The lowest BCUT2D eigenvalue weighted by Gasteiger charge is -2.17. The molecule has 2 aromatic rings. The molecular formula is C16H22N2O2S. The number of anilines is 1. The number of aromatic nitrogens is 1. The SMILES string of the molecule is CC(CCc1cccn1C)Nc1ccccc1S(C)(=O)=O. The fraction of sp³-hybridized carbons (Fsp3) is 0.375. The summed E-state index contributed by atoms with van der Waals surface area (Å²) in [5.74, 6) is 0. The Morgan fingerprint density at radius 1 is 1.19 bits per heavy atom. The second-order valence-electron chi connectivity index (χ2n) is 5.46. The number of hydrogen-bond donors (Lipinski definition) is 1. The van der Waals surface area contributed by atoms with Gasteiger partial charge >= 0.3 is 0 Å². The molecule has 21 heavy (non-hydrogen) atoms. The highest BCUT2D eigenvalue weighted by Gasteiger charge is 2.14. The van der Waals surface area contributed by atoms with Crippen molar-refractivity contribution in [1.29, 1.82) is 0 Å². The minimum atomic E-state index is -3.21. The Labute approximate surface area is 126 Å². The van der Waals surface area contributed by atoms with E-state index in [1.807, 2.05) is 31.4 Å². The zero-order valence-electron chi connectivity index (χ0n) is 12.7. The molecule has 0 radical (unpaired) electrons. The van der Waals surface area contributed by atoms with Gasteiger partial charge in [-0.3, -0.25) is 0 Å². The molecule has 0 aliphatic carbocycles. The van der Waals surface area contributed by atoms with Gasteiger partial charge < -0.3 is 9.88 Å². The Balaban J connectivity index is 2.03. The number of nitrogens with one attached hydrogen (secondary N) is 1. The van der Waals surface area contributed by atoms with Gasteiger partial charge in [-0.25, -0.2) is 8.42 Å². The van der Waals surface area contributed by atoms with Gasteiger partial charge in [0.05, 0.1) is 10.6 Å². The van der Waals surface area contributed by atoms with Gasteiger partial charge in [0.1, 0.15) is 0 Å². The Kier molecular flexibility index (Phi) is 4.73. The lowest BCUT2D eigenvalue weighted by Crippen LogP contribution is -2.18. The van der Waals surface area contributed by atoms with Gasteiger partial charge in [0.15, 0.2) is 9.84 Å². The largest absolute Gasteiger partial charge is 0.382 e. The Morgan fingerprint density at radius 2 is 1.90 bits per heavy atom. The summed E-state index contributed by atoms with van der Waals surface area (Å²) >= 11 is 0. The van der Waals surface area contributed by atoms with Crippen LogP contribution in [0.3, 0.4) is 0 Å². The third kappa shape index (κ3) is 4.11. The van der Waals surface area contributed by atoms with E-state index < -0.39 is 9.84 Å². The second kappa shape index (κ2) is 6.35. The van der Waals surface area contributed by atoms with E-state index >= 15 is 0 Å². The summed E-state index contributed by atoms with van der Waals surface area (Å²) in [6.45, 7) is 2.07. The van der Waals surface area contributed by atoms with Crippen molar-refractivity contribution in [3.05, 3.63) is 48.3 Å². The van der Waals surface area contributed by atoms with Crippen molar-refractivity contribution >= 4 is 15.5 Å². The van der Waals surface area contributed by atoms with Crippen LogP contribution in [0.2, 0.25) is 0 Å². The van der Waals surface area contributed by atoms with E-state index in [1.165, 1.54) is 11.9 Å². The van der Waals surface area contributed by atoms with Crippen LogP contribution >= 0.6 is 0 Å². The van der Waals surface area contributed by atoms with Crippen molar-refractivity contribution in [1.82, 2.24) is 4.57 Å². The fourth-order valence-electron chi connectivity index (χ4n) is 2.37. The standard InChI is InChI=1S/C16H22N2O2S/c1-13(10-11-14-7-6-12-18(14)2)17-15-8-4-5-9-16(15)21(3,19)20/h4-9,12-13,17H,10-11H2,1-3H3. The van der Waals surface area contributed by atoms with E-state index in [2.05, 4.69) is 22.9 Å². The van der Waals surface area contributed by atoms with Crippen molar-refractivity contribution in [3.63, 3.8) is 0 Å². The van der Waals surface area contributed by atoms with E-state index in [0.29, 0.717) is 10.6 Å².